The van der Waals surface area contributed by atoms with Crippen molar-refractivity contribution >= 4 is 50.8 Å². The summed E-state index contributed by atoms with van der Waals surface area (Å²) < 4.78 is 6.80. The van der Waals surface area contributed by atoms with Gasteiger partial charge in [0, 0.05) is 28.2 Å². The lowest BCUT2D eigenvalue weighted by molar-refractivity contribution is 0.669. The molecule has 0 saturated heterocycles. The molecular weight excluding hydrogens is 789 g/mol. The number of hydrogen-bond donors (Lipinski definition) is 0. The summed E-state index contributed by atoms with van der Waals surface area (Å²) in [6, 6.07) is 91.0. The Morgan fingerprint density at radius 1 is 0.312 bits per heavy atom. The second kappa shape index (κ2) is 14.7. The van der Waals surface area contributed by atoms with E-state index in [9.17, 15) is 0 Å². The molecule has 2 unspecified atom stereocenters. The highest BCUT2D eigenvalue weighted by molar-refractivity contribution is 7.20. The molecule has 0 N–H and O–H groups in total. The highest BCUT2D eigenvalue weighted by Crippen LogP contribution is 2.58. The molecule has 10 aromatic carbocycles. The zero-order chi connectivity index (χ0) is 42.2. The summed E-state index contributed by atoms with van der Waals surface area (Å²) in [5.74, 6) is 0.0678. The first kappa shape index (κ1) is 36.8. The molecule has 0 saturated carbocycles. The predicted octanol–water partition coefficient (Wildman–Crippen LogP) is 13.0. The third kappa shape index (κ3) is 5.43. The molecule has 0 aliphatic heterocycles. The summed E-state index contributed by atoms with van der Waals surface area (Å²) in [6.45, 7) is 0. The van der Waals surface area contributed by atoms with E-state index in [4.69, 9.17) is 4.42 Å². The molecular formula is C62H42OSi. The van der Waals surface area contributed by atoms with Gasteiger partial charge in [0.05, 0.1) is 0 Å². The van der Waals surface area contributed by atoms with Crippen molar-refractivity contribution in [1.82, 2.24) is 0 Å². The van der Waals surface area contributed by atoms with Crippen LogP contribution in [0.1, 0.15) is 45.2 Å². The summed E-state index contributed by atoms with van der Waals surface area (Å²) in [5.41, 5.74) is 17.6. The topological polar surface area (TPSA) is 13.1 Å². The zero-order valence-corrected chi connectivity index (χ0v) is 36.2. The highest BCUT2D eigenvalue weighted by Gasteiger charge is 2.50. The summed E-state index contributed by atoms with van der Waals surface area (Å²) in [4.78, 5) is 0. The number of furan rings is 1. The van der Waals surface area contributed by atoms with Gasteiger partial charge in [-0.2, -0.15) is 0 Å². The van der Waals surface area contributed by atoms with E-state index in [1.54, 1.807) is 0 Å². The van der Waals surface area contributed by atoms with Crippen LogP contribution in [-0.4, -0.2) is 8.07 Å². The van der Waals surface area contributed by atoms with Crippen molar-refractivity contribution < 1.29 is 4.42 Å². The quantitative estimate of drug-likeness (QED) is 0.115. The number of para-hydroxylation sites is 2. The van der Waals surface area contributed by atoms with Gasteiger partial charge in [0.1, 0.15) is 11.2 Å². The van der Waals surface area contributed by atoms with Crippen LogP contribution in [0, 0.1) is 0 Å². The standard InChI is InChI=1S/C62H42OSi/c1-5-20-41(21-6-1)43-38-44(42-22-7-2-8-23-42)40-47(39-43)64(45-24-9-3-10-25-45,46-26-11-4-12-27-46)57-37-19-35-55-58-49-29-13-14-30-50(49)61(60(55)57)59-51(31-17-34-54(58)59)53-33-18-32-52-48-28-15-16-36-56(48)63-62(52)53/h1-40,58,61H. The lowest BCUT2D eigenvalue weighted by Crippen LogP contribution is -2.75. The Kier molecular flexibility index (Phi) is 8.44. The number of fused-ring (bicyclic) bond motifs is 3. The second-order valence-corrected chi connectivity index (χ2v) is 21.2. The van der Waals surface area contributed by atoms with Crippen LogP contribution in [0.2, 0.25) is 0 Å². The van der Waals surface area contributed by atoms with Gasteiger partial charge in [0.15, 0.2) is 8.07 Å². The first-order chi connectivity index (χ1) is 31.8. The predicted molar refractivity (Wildman–Crippen MR) is 268 cm³/mol. The fourth-order valence-corrected chi connectivity index (χ4v) is 16.7. The maximum absolute atomic E-state index is 6.80. The van der Waals surface area contributed by atoms with Crippen LogP contribution in [-0.2, 0) is 0 Å². The van der Waals surface area contributed by atoms with Crippen molar-refractivity contribution in [2.24, 2.45) is 0 Å². The van der Waals surface area contributed by atoms with Crippen LogP contribution >= 0.6 is 0 Å². The van der Waals surface area contributed by atoms with Crippen molar-refractivity contribution in [3.63, 3.8) is 0 Å². The zero-order valence-electron chi connectivity index (χ0n) is 35.2. The molecule has 1 aromatic heterocycles. The van der Waals surface area contributed by atoms with E-state index in [0.29, 0.717) is 0 Å². The van der Waals surface area contributed by atoms with Gasteiger partial charge in [-0.15, -0.1) is 0 Å². The molecule has 1 heterocycles. The Labute approximate surface area is 374 Å². The minimum Gasteiger partial charge on any atom is -0.455 e. The summed E-state index contributed by atoms with van der Waals surface area (Å²) in [6.07, 6.45) is 0. The number of rotatable bonds is 7. The molecule has 0 spiro atoms. The molecule has 64 heavy (non-hydrogen) atoms. The molecule has 3 aliphatic rings. The van der Waals surface area contributed by atoms with Crippen LogP contribution in [0.25, 0.3) is 55.3 Å². The van der Waals surface area contributed by atoms with E-state index < -0.39 is 8.07 Å². The van der Waals surface area contributed by atoms with Crippen molar-refractivity contribution in [1.29, 1.82) is 0 Å². The molecule has 14 rings (SSSR count). The van der Waals surface area contributed by atoms with Crippen LogP contribution in [0.4, 0.5) is 0 Å². The minimum absolute atomic E-state index is 0.0107. The van der Waals surface area contributed by atoms with E-state index in [1.807, 2.05) is 0 Å². The molecule has 0 fully saturated rings. The maximum atomic E-state index is 6.80. The lowest BCUT2D eigenvalue weighted by Gasteiger charge is -2.47. The van der Waals surface area contributed by atoms with E-state index >= 15 is 0 Å². The Morgan fingerprint density at radius 2 is 0.797 bits per heavy atom. The van der Waals surface area contributed by atoms with Gasteiger partial charge in [-0.25, -0.2) is 0 Å². The van der Waals surface area contributed by atoms with Crippen molar-refractivity contribution in [2.45, 2.75) is 11.8 Å². The van der Waals surface area contributed by atoms with Crippen LogP contribution in [0.5, 0.6) is 0 Å². The second-order valence-electron chi connectivity index (χ2n) is 17.4. The van der Waals surface area contributed by atoms with Crippen molar-refractivity contribution in [3.8, 4) is 33.4 Å². The van der Waals surface area contributed by atoms with Gasteiger partial charge >= 0.3 is 0 Å². The highest BCUT2D eigenvalue weighted by atomic mass is 28.3. The first-order valence-corrected chi connectivity index (χ1v) is 24.4. The van der Waals surface area contributed by atoms with E-state index in [2.05, 4.69) is 243 Å². The molecule has 2 heteroatoms. The fraction of sp³-hybridized carbons (Fsp3) is 0.0323. The SMILES string of the molecule is c1ccc(-c2cc(-c3ccccc3)cc([Si](c3ccccc3)(c3ccccc3)c3cccc4c3C3c5ccccc5C4c4cccc(-c5cccc6c5oc5ccccc56)c43)c2)cc1. The minimum atomic E-state index is -3.17. The average Bonchev–Trinajstić information content (AvgIpc) is 3.77. The van der Waals surface area contributed by atoms with Gasteiger partial charge in [0.2, 0.25) is 0 Å². The van der Waals surface area contributed by atoms with E-state index in [1.165, 1.54) is 81.9 Å². The van der Waals surface area contributed by atoms with Crippen molar-refractivity contribution in [3.05, 3.63) is 276 Å². The molecule has 0 amide bonds. The van der Waals surface area contributed by atoms with E-state index in [-0.39, 0.29) is 11.8 Å². The molecule has 11 aromatic rings. The van der Waals surface area contributed by atoms with Gasteiger partial charge in [-0.05, 0) is 94.1 Å². The Morgan fingerprint density at radius 3 is 1.45 bits per heavy atom. The summed E-state index contributed by atoms with van der Waals surface area (Å²) in [7, 11) is -3.17. The monoisotopic (exact) mass is 830 g/mol. The Hall–Kier alpha value is -7.78. The van der Waals surface area contributed by atoms with Crippen LogP contribution in [0.3, 0.4) is 0 Å². The van der Waals surface area contributed by atoms with Crippen LogP contribution < -0.4 is 20.7 Å². The first-order valence-electron chi connectivity index (χ1n) is 22.4. The van der Waals surface area contributed by atoms with Gasteiger partial charge in [-0.3, -0.25) is 0 Å². The van der Waals surface area contributed by atoms with Gasteiger partial charge in [-0.1, -0.05) is 231 Å². The Balaban J connectivity index is 1.16. The van der Waals surface area contributed by atoms with Crippen molar-refractivity contribution in [2.75, 3.05) is 0 Å². The molecule has 2 atom stereocenters. The summed E-state index contributed by atoms with van der Waals surface area (Å²) >= 11 is 0. The molecule has 2 bridgehead atoms. The number of hydrogen-bond acceptors (Lipinski definition) is 1. The van der Waals surface area contributed by atoms with Gasteiger partial charge < -0.3 is 4.42 Å². The average molecular weight is 831 g/mol. The third-order valence-corrected chi connectivity index (χ3v) is 19.0. The van der Waals surface area contributed by atoms with Crippen LogP contribution in [0.15, 0.2) is 247 Å². The largest absolute Gasteiger partial charge is 0.455 e. The summed E-state index contributed by atoms with van der Waals surface area (Å²) in [5, 5.41) is 7.86. The normalized spacial score (nSPS) is 14.9. The number of benzene rings is 10. The third-order valence-electron chi connectivity index (χ3n) is 14.2. The fourth-order valence-electron chi connectivity index (χ4n) is 11.6. The van der Waals surface area contributed by atoms with Gasteiger partial charge in [0.25, 0.3) is 0 Å². The maximum Gasteiger partial charge on any atom is 0.179 e. The molecule has 300 valence electrons. The Bertz CT molecular complexity index is 3460. The smallest absolute Gasteiger partial charge is 0.179 e. The molecule has 1 nitrogen and oxygen atoms in total. The molecule has 0 radical (unpaired) electrons. The lowest BCUT2D eigenvalue weighted by atomic mass is 9.60. The van der Waals surface area contributed by atoms with E-state index in [0.717, 1.165) is 27.5 Å². The molecule has 3 aliphatic carbocycles.